The zero-order valence-electron chi connectivity index (χ0n) is 11.2. The minimum Gasteiger partial charge on any atom is -0.478 e. The molecule has 0 bridgehead atoms. The molecular weight excluding hydrogens is 412 g/mol. The third kappa shape index (κ3) is 3.15. The smallest absolute Gasteiger partial charge is 0.339 e. The highest BCUT2D eigenvalue weighted by Crippen LogP contribution is 2.31. The van der Waals surface area contributed by atoms with Crippen LogP contribution in [0.2, 0.25) is 0 Å². The van der Waals surface area contributed by atoms with Gasteiger partial charge in [0.2, 0.25) is 0 Å². The molecular formula is C17H10Br2O3. The zero-order chi connectivity index (χ0) is 15.7. The van der Waals surface area contributed by atoms with Gasteiger partial charge in [-0.2, -0.15) is 0 Å². The van der Waals surface area contributed by atoms with Gasteiger partial charge in [0, 0.05) is 8.95 Å². The van der Waals surface area contributed by atoms with Gasteiger partial charge in [-0.1, -0.05) is 44.0 Å². The molecule has 0 aliphatic rings. The van der Waals surface area contributed by atoms with Crippen LogP contribution in [0.1, 0.15) is 10.4 Å². The molecule has 0 spiro atoms. The van der Waals surface area contributed by atoms with E-state index in [0.717, 1.165) is 19.7 Å². The maximum atomic E-state index is 11.3. The van der Waals surface area contributed by atoms with Gasteiger partial charge in [-0.05, 0) is 53.2 Å². The molecule has 0 amide bonds. The Hall–Kier alpha value is -1.85. The van der Waals surface area contributed by atoms with Gasteiger partial charge in [-0.25, -0.2) is 4.79 Å². The molecule has 3 aromatic rings. The lowest BCUT2D eigenvalue weighted by molar-refractivity contribution is 0.0694. The summed E-state index contributed by atoms with van der Waals surface area (Å²) in [5.74, 6) is -0.124. The minimum atomic E-state index is -1.02. The lowest BCUT2D eigenvalue weighted by Crippen LogP contribution is -1.99. The molecule has 22 heavy (non-hydrogen) atoms. The number of rotatable bonds is 3. The molecule has 0 atom stereocenters. The van der Waals surface area contributed by atoms with Crippen LogP contribution >= 0.6 is 31.9 Å². The van der Waals surface area contributed by atoms with Crippen LogP contribution < -0.4 is 4.74 Å². The minimum absolute atomic E-state index is 0.124. The fraction of sp³-hybridized carbons (Fsp3) is 0. The molecule has 0 unspecified atom stereocenters. The van der Waals surface area contributed by atoms with Gasteiger partial charge in [0.05, 0.1) is 0 Å². The summed E-state index contributed by atoms with van der Waals surface area (Å²) in [7, 11) is 0. The third-order valence-corrected chi connectivity index (χ3v) is 4.16. The van der Waals surface area contributed by atoms with Crippen molar-refractivity contribution in [2.24, 2.45) is 0 Å². The summed E-state index contributed by atoms with van der Waals surface area (Å²) in [4.78, 5) is 11.3. The highest BCUT2D eigenvalue weighted by Gasteiger charge is 2.12. The predicted molar refractivity (Wildman–Crippen MR) is 92.8 cm³/mol. The molecule has 1 N–H and O–H groups in total. The fourth-order valence-corrected chi connectivity index (χ4v) is 2.86. The first-order valence-electron chi connectivity index (χ1n) is 6.43. The van der Waals surface area contributed by atoms with E-state index in [2.05, 4.69) is 31.9 Å². The molecule has 0 aliphatic heterocycles. The van der Waals surface area contributed by atoms with Gasteiger partial charge in [-0.15, -0.1) is 0 Å². The van der Waals surface area contributed by atoms with E-state index in [4.69, 9.17) is 4.74 Å². The van der Waals surface area contributed by atoms with Gasteiger partial charge < -0.3 is 9.84 Å². The summed E-state index contributed by atoms with van der Waals surface area (Å²) in [5.41, 5.74) is 0.124. The number of halogens is 2. The number of benzene rings is 3. The first-order chi connectivity index (χ1) is 10.5. The number of carboxylic acids is 1. The number of hydrogen-bond acceptors (Lipinski definition) is 2. The highest BCUT2D eigenvalue weighted by atomic mass is 79.9. The van der Waals surface area contributed by atoms with E-state index >= 15 is 0 Å². The van der Waals surface area contributed by atoms with Gasteiger partial charge in [0.15, 0.2) is 0 Å². The summed E-state index contributed by atoms with van der Waals surface area (Å²) in [6.07, 6.45) is 0. The SMILES string of the molecule is O=C(O)c1ccc(Br)cc1Oc1ccc2cc(Br)ccc2c1. The van der Waals surface area contributed by atoms with E-state index in [9.17, 15) is 9.90 Å². The van der Waals surface area contributed by atoms with Crippen molar-refractivity contribution in [3.63, 3.8) is 0 Å². The van der Waals surface area contributed by atoms with Crippen LogP contribution in [-0.4, -0.2) is 11.1 Å². The van der Waals surface area contributed by atoms with Crippen LogP contribution in [-0.2, 0) is 0 Å². The normalized spacial score (nSPS) is 10.6. The lowest BCUT2D eigenvalue weighted by Gasteiger charge is -2.10. The molecule has 0 saturated carbocycles. The summed E-state index contributed by atoms with van der Waals surface area (Å²) < 4.78 is 7.54. The quantitative estimate of drug-likeness (QED) is 0.576. The number of carbonyl (C=O) groups is 1. The second-order valence-corrected chi connectivity index (χ2v) is 6.53. The summed E-state index contributed by atoms with van der Waals surface area (Å²) in [6.45, 7) is 0. The molecule has 3 nitrogen and oxygen atoms in total. The van der Waals surface area contributed by atoms with Gasteiger partial charge in [0.25, 0.3) is 0 Å². The maximum absolute atomic E-state index is 11.3. The molecule has 3 rings (SSSR count). The first-order valence-corrected chi connectivity index (χ1v) is 8.01. The standard InChI is InChI=1S/C17H10Br2O3/c18-12-3-1-11-8-14(5-2-10(11)7-12)22-16-9-13(19)4-6-15(16)17(20)21/h1-9H,(H,20,21). The lowest BCUT2D eigenvalue weighted by atomic mass is 10.1. The van der Waals surface area contributed by atoms with Crippen molar-refractivity contribution in [1.29, 1.82) is 0 Å². The van der Waals surface area contributed by atoms with Crippen molar-refractivity contribution in [2.45, 2.75) is 0 Å². The number of hydrogen-bond donors (Lipinski definition) is 1. The zero-order valence-corrected chi connectivity index (χ0v) is 14.4. The Balaban J connectivity index is 2.01. The Morgan fingerprint density at radius 2 is 1.50 bits per heavy atom. The summed E-state index contributed by atoms with van der Waals surface area (Å²) >= 11 is 6.76. The highest BCUT2D eigenvalue weighted by molar-refractivity contribution is 9.10. The van der Waals surface area contributed by atoms with E-state index in [1.165, 1.54) is 6.07 Å². The predicted octanol–water partition coefficient (Wildman–Crippen LogP) is 5.86. The average molecular weight is 422 g/mol. The van der Waals surface area contributed by atoms with Crippen molar-refractivity contribution in [2.75, 3.05) is 0 Å². The number of carboxylic acid groups (broad SMARTS) is 1. The Morgan fingerprint density at radius 1 is 0.864 bits per heavy atom. The van der Waals surface area contributed by atoms with E-state index in [1.54, 1.807) is 12.1 Å². The molecule has 0 radical (unpaired) electrons. The third-order valence-electron chi connectivity index (χ3n) is 3.18. The van der Waals surface area contributed by atoms with Crippen molar-refractivity contribution < 1.29 is 14.6 Å². The number of aromatic carboxylic acids is 1. The topological polar surface area (TPSA) is 46.5 Å². The summed E-state index contributed by atoms with van der Waals surface area (Å²) in [5, 5.41) is 11.3. The Labute approximate surface area is 143 Å². The van der Waals surface area contributed by atoms with Crippen LogP contribution in [0, 0.1) is 0 Å². The maximum Gasteiger partial charge on any atom is 0.339 e. The van der Waals surface area contributed by atoms with E-state index in [1.807, 2.05) is 36.4 Å². The van der Waals surface area contributed by atoms with Crippen LogP contribution in [0.5, 0.6) is 11.5 Å². The van der Waals surface area contributed by atoms with Crippen LogP contribution in [0.25, 0.3) is 10.8 Å². The molecule has 3 aromatic carbocycles. The monoisotopic (exact) mass is 420 g/mol. The Kier molecular flexibility index (Phi) is 4.18. The fourth-order valence-electron chi connectivity index (χ4n) is 2.14. The molecule has 0 fully saturated rings. The van der Waals surface area contributed by atoms with E-state index < -0.39 is 5.97 Å². The Morgan fingerprint density at radius 3 is 2.27 bits per heavy atom. The van der Waals surface area contributed by atoms with Crippen molar-refractivity contribution in [3.8, 4) is 11.5 Å². The average Bonchev–Trinajstić information content (AvgIpc) is 2.47. The van der Waals surface area contributed by atoms with Crippen molar-refractivity contribution >= 4 is 48.6 Å². The van der Waals surface area contributed by atoms with E-state index in [-0.39, 0.29) is 5.56 Å². The van der Waals surface area contributed by atoms with Crippen LogP contribution in [0.4, 0.5) is 0 Å². The molecule has 5 heteroatoms. The van der Waals surface area contributed by atoms with Crippen LogP contribution in [0.3, 0.4) is 0 Å². The van der Waals surface area contributed by atoms with Gasteiger partial charge in [0.1, 0.15) is 17.1 Å². The van der Waals surface area contributed by atoms with Crippen LogP contribution in [0.15, 0.2) is 63.5 Å². The molecule has 0 heterocycles. The van der Waals surface area contributed by atoms with Crippen molar-refractivity contribution in [3.05, 3.63) is 69.1 Å². The van der Waals surface area contributed by atoms with E-state index in [0.29, 0.717) is 11.5 Å². The number of fused-ring (bicyclic) bond motifs is 1. The first kappa shape index (κ1) is 15.1. The summed E-state index contributed by atoms with van der Waals surface area (Å²) in [6, 6.07) is 16.4. The number of ether oxygens (including phenoxy) is 1. The van der Waals surface area contributed by atoms with Gasteiger partial charge in [-0.3, -0.25) is 0 Å². The molecule has 0 aliphatic carbocycles. The second-order valence-electron chi connectivity index (χ2n) is 4.70. The van der Waals surface area contributed by atoms with Crippen molar-refractivity contribution in [1.82, 2.24) is 0 Å². The second kappa shape index (κ2) is 6.10. The molecule has 110 valence electrons. The molecule has 0 saturated heterocycles. The molecule has 0 aromatic heterocycles. The van der Waals surface area contributed by atoms with Gasteiger partial charge >= 0.3 is 5.97 Å². The largest absolute Gasteiger partial charge is 0.478 e. The Bertz CT molecular complexity index is 875.